The first-order valence-corrected chi connectivity index (χ1v) is 6.51. The topological polar surface area (TPSA) is 56.7 Å². The second-order valence-corrected chi connectivity index (χ2v) is 5.03. The van der Waals surface area contributed by atoms with Gasteiger partial charge in [-0.05, 0) is 31.0 Å². The van der Waals surface area contributed by atoms with Crippen LogP contribution in [-0.4, -0.2) is 14.5 Å². The third kappa shape index (κ3) is 1.68. The Morgan fingerprint density at radius 3 is 2.79 bits per heavy atom. The van der Waals surface area contributed by atoms with Gasteiger partial charge in [0.2, 0.25) is 0 Å². The molecule has 1 aliphatic rings. The number of nitrogen functional groups attached to an aromatic ring is 1. The molecule has 0 atom stereocenters. The number of nitrogens with zero attached hydrogens (tertiary/aromatic N) is 3. The lowest BCUT2D eigenvalue weighted by Crippen LogP contribution is -1.98. The van der Waals surface area contributed by atoms with Gasteiger partial charge in [0.15, 0.2) is 0 Å². The van der Waals surface area contributed by atoms with Crippen LogP contribution in [0.25, 0.3) is 22.4 Å². The van der Waals surface area contributed by atoms with E-state index in [-0.39, 0.29) is 0 Å². The average molecular weight is 250 g/mol. The minimum atomic E-state index is 0.573. The standard InChI is InChI=1S/C15H14N4/c16-11-7-10(8-17-9-11)15-18-13-3-1-2-4-14(13)19(15)12-5-6-12/h1-4,7-9,12H,5-6,16H2. The first-order valence-electron chi connectivity index (χ1n) is 6.51. The lowest BCUT2D eigenvalue weighted by molar-refractivity contribution is 0.775. The minimum Gasteiger partial charge on any atom is -0.397 e. The van der Waals surface area contributed by atoms with E-state index in [2.05, 4.69) is 27.8 Å². The molecule has 1 saturated carbocycles. The number of para-hydroxylation sites is 2. The van der Waals surface area contributed by atoms with Gasteiger partial charge in [-0.1, -0.05) is 12.1 Å². The predicted molar refractivity (Wildman–Crippen MR) is 75.6 cm³/mol. The van der Waals surface area contributed by atoms with Gasteiger partial charge in [0.25, 0.3) is 0 Å². The molecule has 0 bridgehead atoms. The van der Waals surface area contributed by atoms with E-state index in [1.165, 1.54) is 18.4 Å². The summed E-state index contributed by atoms with van der Waals surface area (Å²) in [5, 5.41) is 0. The van der Waals surface area contributed by atoms with Crippen molar-refractivity contribution in [2.24, 2.45) is 0 Å². The minimum absolute atomic E-state index is 0.573. The molecule has 2 aromatic heterocycles. The fourth-order valence-electron chi connectivity index (χ4n) is 2.53. The maximum Gasteiger partial charge on any atom is 0.143 e. The van der Waals surface area contributed by atoms with Crippen LogP contribution in [0.3, 0.4) is 0 Å². The van der Waals surface area contributed by atoms with Gasteiger partial charge in [-0.15, -0.1) is 0 Å². The highest BCUT2D eigenvalue weighted by Crippen LogP contribution is 2.41. The number of hydrogen-bond acceptors (Lipinski definition) is 3. The summed E-state index contributed by atoms with van der Waals surface area (Å²) in [5.74, 6) is 0.975. The number of anilines is 1. The van der Waals surface area contributed by atoms with Crippen molar-refractivity contribution in [3.05, 3.63) is 42.7 Å². The molecule has 0 amide bonds. The molecule has 94 valence electrons. The zero-order valence-electron chi connectivity index (χ0n) is 10.5. The largest absolute Gasteiger partial charge is 0.397 e. The third-order valence-corrected chi connectivity index (χ3v) is 3.53. The zero-order chi connectivity index (χ0) is 12.8. The first-order chi connectivity index (χ1) is 9.33. The van der Waals surface area contributed by atoms with Crippen LogP contribution in [0.15, 0.2) is 42.7 Å². The van der Waals surface area contributed by atoms with Gasteiger partial charge in [-0.2, -0.15) is 0 Å². The Labute approximate surface area is 110 Å². The van der Waals surface area contributed by atoms with E-state index >= 15 is 0 Å². The summed E-state index contributed by atoms with van der Waals surface area (Å²) in [7, 11) is 0. The van der Waals surface area contributed by atoms with Crippen LogP contribution in [0.1, 0.15) is 18.9 Å². The third-order valence-electron chi connectivity index (χ3n) is 3.53. The number of nitrogens with two attached hydrogens (primary N) is 1. The van der Waals surface area contributed by atoms with Crippen LogP contribution in [-0.2, 0) is 0 Å². The van der Waals surface area contributed by atoms with Crippen LogP contribution >= 0.6 is 0 Å². The molecule has 1 fully saturated rings. The van der Waals surface area contributed by atoms with Crippen molar-refractivity contribution in [1.82, 2.24) is 14.5 Å². The highest BCUT2D eigenvalue weighted by atomic mass is 15.1. The fraction of sp³-hybridized carbons (Fsp3) is 0.200. The Balaban J connectivity index is 2.00. The van der Waals surface area contributed by atoms with Crippen LogP contribution < -0.4 is 5.73 Å². The molecular weight excluding hydrogens is 236 g/mol. The molecule has 0 spiro atoms. The molecule has 0 aliphatic heterocycles. The SMILES string of the molecule is Nc1cncc(-c2nc3ccccc3n2C2CC2)c1. The van der Waals surface area contributed by atoms with Gasteiger partial charge >= 0.3 is 0 Å². The summed E-state index contributed by atoms with van der Waals surface area (Å²) in [4.78, 5) is 8.93. The van der Waals surface area contributed by atoms with Crippen LogP contribution in [0.2, 0.25) is 0 Å². The highest BCUT2D eigenvalue weighted by molar-refractivity contribution is 5.81. The summed E-state index contributed by atoms with van der Waals surface area (Å²) in [6.45, 7) is 0. The Bertz CT molecular complexity index is 756. The van der Waals surface area contributed by atoms with Crippen molar-refractivity contribution in [2.75, 3.05) is 5.73 Å². The predicted octanol–water partition coefficient (Wildman–Crippen LogP) is 3.02. The molecule has 3 aromatic rings. The lowest BCUT2D eigenvalue weighted by Gasteiger charge is -2.07. The van der Waals surface area contributed by atoms with E-state index < -0.39 is 0 Å². The van der Waals surface area contributed by atoms with Gasteiger partial charge in [-0.3, -0.25) is 4.98 Å². The second kappa shape index (κ2) is 3.82. The molecule has 2 N–H and O–H groups in total. The van der Waals surface area contributed by atoms with Crippen molar-refractivity contribution in [3.8, 4) is 11.4 Å². The first kappa shape index (κ1) is 10.6. The van der Waals surface area contributed by atoms with Crippen LogP contribution in [0.4, 0.5) is 5.69 Å². The molecule has 1 aromatic carbocycles. The van der Waals surface area contributed by atoms with Gasteiger partial charge in [0.1, 0.15) is 5.82 Å². The number of pyridine rings is 1. The van der Waals surface area contributed by atoms with E-state index in [9.17, 15) is 0 Å². The number of imidazole rings is 1. The molecule has 4 nitrogen and oxygen atoms in total. The second-order valence-electron chi connectivity index (χ2n) is 5.03. The summed E-state index contributed by atoms with van der Waals surface area (Å²) in [6, 6.07) is 10.8. The van der Waals surface area contributed by atoms with E-state index in [4.69, 9.17) is 10.7 Å². The lowest BCUT2D eigenvalue weighted by atomic mass is 10.2. The monoisotopic (exact) mass is 250 g/mol. The van der Waals surface area contributed by atoms with Gasteiger partial charge in [0, 0.05) is 24.0 Å². The molecule has 4 heteroatoms. The molecule has 0 unspecified atom stereocenters. The van der Waals surface area contributed by atoms with Crippen LogP contribution in [0, 0.1) is 0 Å². The molecule has 1 aliphatic carbocycles. The molecule has 19 heavy (non-hydrogen) atoms. The summed E-state index contributed by atoms with van der Waals surface area (Å²) >= 11 is 0. The number of aromatic nitrogens is 3. The highest BCUT2D eigenvalue weighted by Gasteiger charge is 2.28. The quantitative estimate of drug-likeness (QED) is 0.760. The molecule has 0 radical (unpaired) electrons. The van der Waals surface area contributed by atoms with Crippen molar-refractivity contribution in [1.29, 1.82) is 0 Å². The Morgan fingerprint density at radius 1 is 1.16 bits per heavy atom. The van der Waals surface area contributed by atoms with E-state index in [0.717, 1.165) is 16.9 Å². The average Bonchev–Trinajstić information content (AvgIpc) is 3.18. The number of fused-ring (bicyclic) bond motifs is 1. The van der Waals surface area contributed by atoms with Gasteiger partial charge < -0.3 is 10.3 Å². The molecule has 2 heterocycles. The van der Waals surface area contributed by atoms with Gasteiger partial charge in [0.05, 0.1) is 16.7 Å². The summed E-state index contributed by atoms with van der Waals surface area (Å²) in [5.41, 5.74) is 9.73. The maximum atomic E-state index is 5.83. The maximum absolute atomic E-state index is 5.83. The molecule has 0 saturated heterocycles. The normalized spacial score (nSPS) is 14.9. The van der Waals surface area contributed by atoms with Gasteiger partial charge in [-0.25, -0.2) is 4.98 Å². The summed E-state index contributed by atoms with van der Waals surface area (Å²) < 4.78 is 2.33. The number of hydrogen-bond donors (Lipinski definition) is 1. The molecule has 4 rings (SSSR count). The number of rotatable bonds is 2. The van der Waals surface area contributed by atoms with E-state index in [0.29, 0.717) is 11.7 Å². The van der Waals surface area contributed by atoms with E-state index in [1.54, 1.807) is 6.20 Å². The number of benzene rings is 1. The van der Waals surface area contributed by atoms with E-state index in [1.807, 2.05) is 18.3 Å². The Kier molecular flexibility index (Phi) is 2.12. The fourth-order valence-corrected chi connectivity index (χ4v) is 2.53. The smallest absolute Gasteiger partial charge is 0.143 e. The zero-order valence-corrected chi connectivity index (χ0v) is 10.5. The van der Waals surface area contributed by atoms with Crippen molar-refractivity contribution < 1.29 is 0 Å². The Morgan fingerprint density at radius 2 is 2.00 bits per heavy atom. The van der Waals surface area contributed by atoms with Crippen molar-refractivity contribution in [3.63, 3.8) is 0 Å². The van der Waals surface area contributed by atoms with Crippen molar-refractivity contribution in [2.45, 2.75) is 18.9 Å². The summed E-state index contributed by atoms with van der Waals surface area (Å²) in [6.07, 6.45) is 5.94. The van der Waals surface area contributed by atoms with Crippen molar-refractivity contribution >= 4 is 16.7 Å². The molecular formula is C15H14N4. The van der Waals surface area contributed by atoms with Crippen LogP contribution in [0.5, 0.6) is 0 Å². The Hall–Kier alpha value is -2.36.